The molecule has 5 rings (SSSR count). The van der Waals surface area contributed by atoms with E-state index in [4.69, 9.17) is 4.42 Å². The first-order valence-electron chi connectivity index (χ1n) is 11.5. The number of amides is 2. The van der Waals surface area contributed by atoms with Crippen LogP contribution in [0.4, 0.5) is 0 Å². The van der Waals surface area contributed by atoms with Crippen LogP contribution in [0.15, 0.2) is 34.9 Å². The second-order valence-electron chi connectivity index (χ2n) is 9.36. The van der Waals surface area contributed by atoms with Crippen molar-refractivity contribution in [1.82, 2.24) is 14.8 Å². The molecule has 30 heavy (non-hydrogen) atoms. The number of aromatic nitrogens is 1. The summed E-state index contributed by atoms with van der Waals surface area (Å²) in [6, 6.07) is 7.91. The number of fused-ring (bicyclic) bond motifs is 1. The quantitative estimate of drug-likeness (QED) is 0.816. The average molecular weight is 410 g/mol. The van der Waals surface area contributed by atoms with Gasteiger partial charge in [0.15, 0.2) is 0 Å². The normalized spacial score (nSPS) is 25.5. The number of hydrogen-bond acceptors (Lipinski definition) is 3. The second-order valence-corrected chi connectivity index (χ2v) is 9.36. The molecule has 2 aromatic rings. The van der Waals surface area contributed by atoms with Crippen LogP contribution >= 0.6 is 0 Å². The van der Waals surface area contributed by atoms with Crippen molar-refractivity contribution in [3.8, 4) is 11.5 Å². The van der Waals surface area contributed by atoms with Crippen LogP contribution in [0.5, 0.6) is 0 Å². The minimum absolute atomic E-state index is 0.0144. The summed E-state index contributed by atoms with van der Waals surface area (Å²) >= 11 is 0. The maximum atomic E-state index is 13.7. The molecular formula is C24H31N3O3. The molecule has 6 nitrogen and oxygen atoms in total. The number of rotatable bonds is 4. The predicted molar refractivity (Wildman–Crippen MR) is 114 cm³/mol. The van der Waals surface area contributed by atoms with E-state index in [0.29, 0.717) is 12.2 Å². The van der Waals surface area contributed by atoms with Crippen LogP contribution in [0.3, 0.4) is 0 Å². The van der Waals surface area contributed by atoms with Crippen molar-refractivity contribution in [2.45, 2.75) is 88.9 Å². The van der Waals surface area contributed by atoms with Gasteiger partial charge in [0.25, 0.3) is 5.91 Å². The van der Waals surface area contributed by atoms with Crippen LogP contribution < -0.4 is 5.32 Å². The summed E-state index contributed by atoms with van der Waals surface area (Å²) < 4.78 is 7.59. The largest absolute Gasteiger partial charge is 0.463 e. The lowest BCUT2D eigenvalue weighted by Gasteiger charge is -2.48. The van der Waals surface area contributed by atoms with E-state index in [9.17, 15) is 9.59 Å². The Morgan fingerprint density at radius 1 is 1.03 bits per heavy atom. The van der Waals surface area contributed by atoms with E-state index >= 15 is 0 Å². The van der Waals surface area contributed by atoms with Gasteiger partial charge in [0.05, 0.1) is 18.5 Å². The predicted octanol–water partition coefficient (Wildman–Crippen LogP) is 4.35. The first kappa shape index (κ1) is 19.5. The van der Waals surface area contributed by atoms with Gasteiger partial charge in [-0.3, -0.25) is 9.59 Å². The van der Waals surface area contributed by atoms with E-state index < -0.39 is 5.54 Å². The van der Waals surface area contributed by atoms with Crippen LogP contribution in [0, 0.1) is 0 Å². The summed E-state index contributed by atoms with van der Waals surface area (Å²) in [6.45, 7) is 2.41. The van der Waals surface area contributed by atoms with Crippen molar-refractivity contribution in [3.63, 3.8) is 0 Å². The molecule has 2 fully saturated rings. The van der Waals surface area contributed by atoms with Gasteiger partial charge in [0.1, 0.15) is 17.0 Å². The third-order valence-corrected chi connectivity index (χ3v) is 7.31. The molecule has 160 valence electrons. The Morgan fingerprint density at radius 2 is 1.73 bits per heavy atom. The molecule has 0 unspecified atom stereocenters. The molecule has 1 atom stereocenters. The van der Waals surface area contributed by atoms with Gasteiger partial charge in [-0.1, -0.05) is 32.1 Å². The van der Waals surface area contributed by atoms with E-state index in [0.717, 1.165) is 62.8 Å². The summed E-state index contributed by atoms with van der Waals surface area (Å²) in [5.74, 6) is 0.671. The van der Waals surface area contributed by atoms with Crippen molar-refractivity contribution >= 4 is 11.8 Å². The van der Waals surface area contributed by atoms with Gasteiger partial charge in [-0.2, -0.15) is 0 Å². The summed E-state index contributed by atoms with van der Waals surface area (Å²) in [5, 5.41) is 3.31. The number of carbonyl (C=O) groups excluding carboxylic acids is 2. The van der Waals surface area contributed by atoms with Crippen LogP contribution in [0.25, 0.3) is 11.5 Å². The highest BCUT2D eigenvalue weighted by Crippen LogP contribution is 2.38. The van der Waals surface area contributed by atoms with Crippen LogP contribution in [-0.2, 0) is 11.3 Å². The fourth-order valence-electron chi connectivity index (χ4n) is 5.70. The SMILES string of the molecule is C[C@]1(C(=O)NC2CCCCC2)Cn2c(ccc2-c2ccco2)C(=O)N1C1CCCC1. The molecule has 1 N–H and O–H groups in total. The van der Waals surface area contributed by atoms with Gasteiger partial charge < -0.3 is 19.2 Å². The monoisotopic (exact) mass is 409 g/mol. The Hall–Kier alpha value is -2.50. The highest BCUT2D eigenvalue weighted by Gasteiger charge is 2.51. The highest BCUT2D eigenvalue weighted by molar-refractivity contribution is 6.00. The van der Waals surface area contributed by atoms with Crippen molar-refractivity contribution in [2.75, 3.05) is 0 Å². The third-order valence-electron chi connectivity index (χ3n) is 7.31. The fourth-order valence-corrected chi connectivity index (χ4v) is 5.70. The van der Waals surface area contributed by atoms with Crippen molar-refractivity contribution in [2.24, 2.45) is 0 Å². The molecule has 2 aliphatic carbocycles. The number of carbonyl (C=O) groups is 2. The van der Waals surface area contributed by atoms with Gasteiger partial charge in [-0.05, 0) is 56.9 Å². The lowest BCUT2D eigenvalue weighted by molar-refractivity contribution is -0.135. The second kappa shape index (κ2) is 7.64. The zero-order valence-corrected chi connectivity index (χ0v) is 17.7. The van der Waals surface area contributed by atoms with Gasteiger partial charge >= 0.3 is 0 Å². The number of nitrogens with zero attached hydrogens (tertiary/aromatic N) is 2. The van der Waals surface area contributed by atoms with Gasteiger partial charge in [0.2, 0.25) is 5.91 Å². The summed E-state index contributed by atoms with van der Waals surface area (Å²) in [4.78, 5) is 29.3. The molecule has 3 heterocycles. The van der Waals surface area contributed by atoms with Gasteiger partial charge in [-0.15, -0.1) is 0 Å². The topological polar surface area (TPSA) is 67.5 Å². The summed E-state index contributed by atoms with van der Waals surface area (Å²) in [5.41, 5.74) is 0.596. The fraction of sp³-hybridized carbons (Fsp3) is 0.583. The number of furan rings is 1. The summed E-state index contributed by atoms with van der Waals surface area (Å²) in [7, 11) is 0. The lowest BCUT2D eigenvalue weighted by atomic mass is 9.89. The van der Waals surface area contributed by atoms with Crippen LogP contribution in [0.2, 0.25) is 0 Å². The van der Waals surface area contributed by atoms with Crippen LogP contribution in [-0.4, -0.2) is 38.9 Å². The number of nitrogens with one attached hydrogen (secondary N) is 1. The standard InChI is InChI=1S/C24H31N3O3/c1-24(23(29)25-17-8-3-2-4-9-17)16-26-19(21-12-7-15-30-21)13-14-20(26)22(28)27(24)18-10-5-6-11-18/h7,12-15,17-18H,2-6,8-11,16H2,1H3,(H,25,29)/t24-/m1/s1. The third kappa shape index (κ3) is 3.17. The van der Waals surface area contributed by atoms with Gasteiger partial charge in [-0.25, -0.2) is 0 Å². The van der Waals surface area contributed by atoms with E-state index in [1.807, 2.05) is 40.7 Å². The Morgan fingerprint density at radius 3 is 2.43 bits per heavy atom. The average Bonchev–Trinajstić information content (AvgIpc) is 3.50. The molecule has 6 heteroatoms. The summed E-state index contributed by atoms with van der Waals surface area (Å²) in [6.07, 6.45) is 11.5. The molecule has 0 radical (unpaired) electrons. The minimum atomic E-state index is -0.906. The van der Waals surface area contributed by atoms with E-state index in [-0.39, 0.29) is 23.9 Å². The molecule has 0 saturated heterocycles. The molecule has 0 aromatic carbocycles. The van der Waals surface area contributed by atoms with Crippen molar-refractivity contribution in [1.29, 1.82) is 0 Å². The zero-order chi connectivity index (χ0) is 20.7. The Kier molecular flexibility index (Phi) is 4.95. The molecule has 2 aromatic heterocycles. The molecule has 2 amide bonds. The Labute approximate surface area is 177 Å². The molecule has 0 bridgehead atoms. The van der Waals surface area contributed by atoms with E-state index in [1.165, 1.54) is 6.42 Å². The molecule has 3 aliphatic rings. The van der Waals surface area contributed by atoms with E-state index in [1.54, 1.807) is 6.26 Å². The van der Waals surface area contributed by atoms with Crippen molar-refractivity contribution in [3.05, 3.63) is 36.2 Å². The lowest BCUT2D eigenvalue weighted by Crippen LogP contribution is -2.67. The highest BCUT2D eigenvalue weighted by atomic mass is 16.3. The minimum Gasteiger partial charge on any atom is -0.463 e. The Balaban J connectivity index is 1.52. The maximum Gasteiger partial charge on any atom is 0.271 e. The molecule has 2 saturated carbocycles. The van der Waals surface area contributed by atoms with Crippen LogP contribution in [0.1, 0.15) is 75.2 Å². The molecule has 1 aliphatic heterocycles. The van der Waals surface area contributed by atoms with Gasteiger partial charge in [0, 0.05) is 12.1 Å². The smallest absolute Gasteiger partial charge is 0.271 e. The first-order valence-corrected chi connectivity index (χ1v) is 11.5. The molecular weight excluding hydrogens is 378 g/mol. The first-order chi connectivity index (χ1) is 14.6. The molecule has 0 spiro atoms. The Bertz CT molecular complexity index is 920. The number of hydrogen-bond donors (Lipinski definition) is 1. The van der Waals surface area contributed by atoms with E-state index in [2.05, 4.69) is 5.32 Å². The maximum absolute atomic E-state index is 13.7. The zero-order valence-electron chi connectivity index (χ0n) is 17.7. The van der Waals surface area contributed by atoms with Crippen molar-refractivity contribution < 1.29 is 14.0 Å².